The van der Waals surface area contributed by atoms with Crippen molar-refractivity contribution in [3.8, 4) is 5.75 Å². The van der Waals surface area contributed by atoms with E-state index in [0.29, 0.717) is 19.7 Å². The number of para-hydroxylation sites is 1. The molecule has 7 nitrogen and oxygen atoms in total. The minimum atomic E-state index is -0.171. The van der Waals surface area contributed by atoms with Crippen LogP contribution in [0, 0.1) is 0 Å². The summed E-state index contributed by atoms with van der Waals surface area (Å²) in [7, 11) is 0. The monoisotopic (exact) mass is 329 g/mol. The molecule has 1 aliphatic rings. The molecule has 0 bridgehead atoms. The van der Waals surface area contributed by atoms with Gasteiger partial charge < -0.3 is 10.1 Å². The molecule has 7 heteroatoms. The third-order valence-electron chi connectivity index (χ3n) is 4.11. The van der Waals surface area contributed by atoms with Crippen LogP contribution in [-0.4, -0.2) is 45.3 Å². The number of amides is 1. The van der Waals surface area contributed by atoms with Gasteiger partial charge in [-0.3, -0.25) is 9.69 Å². The summed E-state index contributed by atoms with van der Waals surface area (Å²) in [5.41, 5.74) is 1.11. The van der Waals surface area contributed by atoms with Gasteiger partial charge in [0.1, 0.15) is 24.5 Å². The molecule has 0 aliphatic carbocycles. The Morgan fingerprint density at radius 3 is 3.08 bits per heavy atom. The first-order valence-electron chi connectivity index (χ1n) is 8.27. The van der Waals surface area contributed by atoms with Crippen LogP contribution in [0.2, 0.25) is 0 Å². The Balaban J connectivity index is 1.59. The zero-order valence-electron chi connectivity index (χ0n) is 14.1. The van der Waals surface area contributed by atoms with Gasteiger partial charge in [-0.15, -0.1) is 0 Å². The molecule has 3 rings (SSSR count). The van der Waals surface area contributed by atoms with Crippen LogP contribution in [0.15, 0.2) is 30.6 Å². The lowest BCUT2D eigenvalue weighted by atomic mass is 10.2. The number of nitrogens with one attached hydrogen (secondary N) is 1. The van der Waals surface area contributed by atoms with E-state index < -0.39 is 0 Å². The van der Waals surface area contributed by atoms with E-state index in [0.717, 1.165) is 30.2 Å². The number of aryl methyl sites for hydroxylation is 1. The van der Waals surface area contributed by atoms with Crippen LogP contribution in [0.25, 0.3) is 0 Å². The molecule has 0 fully saturated rings. The summed E-state index contributed by atoms with van der Waals surface area (Å²) in [6, 6.07) is 7.80. The number of hydrogen-bond donors (Lipinski definition) is 1. The second-order valence-electron chi connectivity index (χ2n) is 5.89. The minimum absolute atomic E-state index is 0.0208. The first kappa shape index (κ1) is 16.4. The van der Waals surface area contributed by atoms with Crippen molar-refractivity contribution in [2.45, 2.75) is 33.0 Å². The third kappa shape index (κ3) is 3.73. The molecule has 1 amide bonds. The first-order chi connectivity index (χ1) is 11.7. The zero-order valence-corrected chi connectivity index (χ0v) is 14.1. The molecule has 2 heterocycles. The fourth-order valence-electron chi connectivity index (χ4n) is 2.92. The lowest BCUT2D eigenvalue weighted by molar-refractivity contribution is -0.123. The standard InChI is InChI=1S/C17H23N5O2/c1-3-22-17(18-12-19-22)13(2)20-16(23)11-21-8-9-24-15-7-5-4-6-14(15)10-21/h4-7,12-13H,3,8-11H2,1-2H3,(H,20,23). The second-order valence-corrected chi connectivity index (χ2v) is 5.89. The van der Waals surface area contributed by atoms with Gasteiger partial charge in [-0.1, -0.05) is 18.2 Å². The Morgan fingerprint density at radius 2 is 2.25 bits per heavy atom. The fourth-order valence-corrected chi connectivity index (χ4v) is 2.92. The number of benzene rings is 1. The van der Waals surface area contributed by atoms with Crippen LogP contribution in [0.5, 0.6) is 5.75 Å². The molecule has 1 aromatic heterocycles. The van der Waals surface area contributed by atoms with Crippen molar-refractivity contribution >= 4 is 5.91 Å². The molecule has 0 spiro atoms. The topological polar surface area (TPSA) is 72.3 Å². The lowest BCUT2D eigenvalue weighted by Crippen LogP contribution is -2.39. The minimum Gasteiger partial charge on any atom is -0.492 e. The highest BCUT2D eigenvalue weighted by Crippen LogP contribution is 2.22. The van der Waals surface area contributed by atoms with Crippen molar-refractivity contribution in [3.63, 3.8) is 0 Å². The number of nitrogens with zero attached hydrogens (tertiary/aromatic N) is 4. The summed E-state index contributed by atoms with van der Waals surface area (Å²) in [4.78, 5) is 18.7. The van der Waals surface area contributed by atoms with E-state index in [9.17, 15) is 4.79 Å². The number of fused-ring (bicyclic) bond motifs is 1. The molecule has 128 valence electrons. The molecular weight excluding hydrogens is 306 g/mol. The number of aromatic nitrogens is 3. The lowest BCUT2D eigenvalue weighted by Gasteiger charge is -2.20. The zero-order chi connectivity index (χ0) is 16.9. The van der Waals surface area contributed by atoms with E-state index in [4.69, 9.17) is 4.74 Å². The van der Waals surface area contributed by atoms with Gasteiger partial charge in [-0.2, -0.15) is 5.10 Å². The maximum Gasteiger partial charge on any atom is 0.234 e. The van der Waals surface area contributed by atoms with Crippen molar-refractivity contribution < 1.29 is 9.53 Å². The van der Waals surface area contributed by atoms with Crippen LogP contribution < -0.4 is 10.1 Å². The third-order valence-corrected chi connectivity index (χ3v) is 4.11. The van der Waals surface area contributed by atoms with Gasteiger partial charge in [0.25, 0.3) is 0 Å². The SMILES string of the molecule is CCn1ncnc1C(C)NC(=O)CN1CCOc2ccccc2C1. The highest BCUT2D eigenvalue weighted by atomic mass is 16.5. The Bertz CT molecular complexity index is 700. The van der Waals surface area contributed by atoms with Crippen molar-refractivity contribution in [1.82, 2.24) is 25.0 Å². The number of carbonyl (C=O) groups is 1. The number of rotatable bonds is 5. The van der Waals surface area contributed by atoms with Crippen LogP contribution in [0.4, 0.5) is 0 Å². The van der Waals surface area contributed by atoms with Crippen molar-refractivity contribution in [1.29, 1.82) is 0 Å². The summed E-state index contributed by atoms with van der Waals surface area (Å²) in [5, 5.41) is 7.15. The highest BCUT2D eigenvalue weighted by molar-refractivity contribution is 5.78. The molecular formula is C17H23N5O2. The quantitative estimate of drug-likeness (QED) is 0.897. The number of hydrogen-bond acceptors (Lipinski definition) is 5. The van der Waals surface area contributed by atoms with Gasteiger partial charge >= 0.3 is 0 Å². The number of carbonyl (C=O) groups excluding carboxylic acids is 1. The van der Waals surface area contributed by atoms with Gasteiger partial charge in [0.2, 0.25) is 5.91 Å². The molecule has 1 atom stereocenters. The smallest absolute Gasteiger partial charge is 0.234 e. The predicted octanol–water partition coefficient (Wildman–Crippen LogP) is 1.37. The molecule has 2 aromatic rings. The molecule has 1 aromatic carbocycles. The van der Waals surface area contributed by atoms with Crippen LogP contribution in [-0.2, 0) is 17.9 Å². The summed E-state index contributed by atoms with van der Waals surface area (Å²) >= 11 is 0. The van der Waals surface area contributed by atoms with Crippen molar-refractivity contribution in [2.75, 3.05) is 19.7 Å². The Hall–Kier alpha value is -2.41. The van der Waals surface area contributed by atoms with Crippen LogP contribution >= 0.6 is 0 Å². The normalized spacial score (nSPS) is 15.9. The molecule has 1 N–H and O–H groups in total. The van der Waals surface area contributed by atoms with E-state index in [-0.39, 0.29) is 11.9 Å². The van der Waals surface area contributed by atoms with Gasteiger partial charge in [0.05, 0.1) is 12.6 Å². The summed E-state index contributed by atoms with van der Waals surface area (Å²) in [5.74, 6) is 1.66. The van der Waals surface area contributed by atoms with Gasteiger partial charge in [-0.05, 0) is 19.9 Å². The molecule has 1 unspecified atom stereocenters. The summed E-state index contributed by atoms with van der Waals surface area (Å²) < 4.78 is 7.53. The van der Waals surface area contributed by atoms with Gasteiger partial charge in [-0.25, -0.2) is 9.67 Å². The summed E-state index contributed by atoms with van der Waals surface area (Å²) in [6.07, 6.45) is 1.52. The van der Waals surface area contributed by atoms with E-state index in [1.54, 1.807) is 4.68 Å². The molecule has 0 radical (unpaired) electrons. The fraction of sp³-hybridized carbons (Fsp3) is 0.471. The average Bonchev–Trinajstić information content (AvgIpc) is 2.96. The van der Waals surface area contributed by atoms with Crippen LogP contribution in [0.3, 0.4) is 0 Å². The van der Waals surface area contributed by atoms with Gasteiger partial charge in [0, 0.05) is 25.2 Å². The van der Waals surface area contributed by atoms with Crippen molar-refractivity contribution in [2.24, 2.45) is 0 Å². The predicted molar refractivity (Wildman–Crippen MR) is 89.5 cm³/mol. The summed E-state index contributed by atoms with van der Waals surface area (Å²) in [6.45, 7) is 7.02. The van der Waals surface area contributed by atoms with E-state index in [1.807, 2.05) is 38.1 Å². The maximum atomic E-state index is 12.4. The Morgan fingerprint density at radius 1 is 1.42 bits per heavy atom. The van der Waals surface area contributed by atoms with E-state index in [2.05, 4.69) is 20.3 Å². The first-order valence-corrected chi connectivity index (χ1v) is 8.27. The highest BCUT2D eigenvalue weighted by Gasteiger charge is 2.20. The van der Waals surface area contributed by atoms with E-state index in [1.165, 1.54) is 6.33 Å². The average molecular weight is 329 g/mol. The molecule has 24 heavy (non-hydrogen) atoms. The maximum absolute atomic E-state index is 12.4. The number of ether oxygens (including phenoxy) is 1. The van der Waals surface area contributed by atoms with Gasteiger partial charge in [0.15, 0.2) is 0 Å². The second kappa shape index (κ2) is 7.44. The molecule has 1 aliphatic heterocycles. The molecule has 0 saturated carbocycles. The largest absolute Gasteiger partial charge is 0.492 e. The van der Waals surface area contributed by atoms with E-state index >= 15 is 0 Å². The van der Waals surface area contributed by atoms with Crippen LogP contribution in [0.1, 0.15) is 31.3 Å². The van der Waals surface area contributed by atoms with Crippen molar-refractivity contribution in [3.05, 3.63) is 42.0 Å². The molecule has 0 saturated heterocycles. The Labute approximate surface area is 141 Å². The Kier molecular flexibility index (Phi) is 5.10.